The molecule has 1 N–H and O–H groups in total. The summed E-state index contributed by atoms with van der Waals surface area (Å²) in [6, 6.07) is 30.3. The zero-order valence-corrected chi connectivity index (χ0v) is 16.1. The molecular formula is C25H26N2O. The van der Waals surface area contributed by atoms with Gasteiger partial charge < -0.3 is 5.41 Å². The van der Waals surface area contributed by atoms with Crippen molar-refractivity contribution in [3.63, 3.8) is 0 Å². The van der Waals surface area contributed by atoms with Crippen LogP contribution >= 0.6 is 0 Å². The smallest absolute Gasteiger partial charge is 0.152 e. The van der Waals surface area contributed by atoms with Gasteiger partial charge in [0.1, 0.15) is 0 Å². The minimum atomic E-state index is 0.0905. The van der Waals surface area contributed by atoms with Crippen molar-refractivity contribution in [1.29, 1.82) is 5.41 Å². The van der Waals surface area contributed by atoms with E-state index in [1.165, 1.54) is 11.1 Å². The highest BCUT2D eigenvalue weighted by atomic mass is 16.1. The van der Waals surface area contributed by atoms with Crippen LogP contribution in [0.4, 0.5) is 0 Å². The van der Waals surface area contributed by atoms with Crippen LogP contribution in [0.15, 0.2) is 91.0 Å². The Bertz CT molecular complexity index is 835. The fraction of sp³-hybridized carbons (Fsp3) is 0.200. The molecule has 0 aliphatic rings. The van der Waals surface area contributed by atoms with E-state index in [9.17, 15) is 4.79 Å². The van der Waals surface area contributed by atoms with Gasteiger partial charge in [0.2, 0.25) is 0 Å². The van der Waals surface area contributed by atoms with Crippen molar-refractivity contribution in [2.75, 3.05) is 6.54 Å². The van der Waals surface area contributed by atoms with Crippen LogP contribution < -0.4 is 0 Å². The first kappa shape index (κ1) is 19.7. The summed E-state index contributed by atoms with van der Waals surface area (Å²) in [5.41, 5.74) is 3.91. The maximum absolute atomic E-state index is 12.7. The van der Waals surface area contributed by atoms with E-state index in [1.807, 2.05) is 66.7 Å². The average Bonchev–Trinajstić information content (AvgIpc) is 2.70. The Kier molecular flexibility index (Phi) is 7.28. The van der Waals surface area contributed by atoms with Crippen molar-refractivity contribution in [3.05, 3.63) is 108 Å². The topological polar surface area (TPSA) is 44.2 Å². The molecule has 0 fully saturated rings. The van der Waals surface area contributed by atoms with Crippen molar-refractivity contribution in [1.82, 2.24) is 4.90 Å². The molecule has 0 saturated heterocycles. The second-order valence-corrected chi connectivity index (χ2v) is 7.10. The molecule has 28 heavy (non-hydrogen) atoms. The molecule has 3 heteroatoms. The van der Waals surface area contributed by atoms with Crippen molar-refractivity contribution in [3.8, 4) is 0 Å². The number of nitrogens with one attached hydrogen (secondary N) is 1. The molecule has 0 atom stereocenters. The maximum atomic E-state index is 12.7. The van der Waals surface area contributed by atoms with Gasteiger partial charge in [-0.25, -0.2) is 0 Å². The van der Waals surface area contributed by atoms with E-state index in [-0.39, 0.29) is 12.2 Å². The lowest BCUT2D eigenvalue weighted by Crippen LogP contribution is -2.30. The minimum Gasteiger partial charge on any atom is -0.309 e. The lowest BCUT2D eigenvalue weighted by molar-refractivity contribution is -0.119. The van der Waals surface area contributed by atoms with E-state index in [2.05, 4.69) is 29.2 Å². The van der Waals surface area contributed by atoms with Crippen LogP contribution in [0.5, 0.6) is 0 Å². The Morgan fingerprint density at radius 1 is 0.679 bits per heavy atom. The van der Waals surface area contributed by atoms with Gasteiger partial charge in [0.25, 0.3) is 0 Å². The molecule has 3 nitrogen and oxygen atoms in total. The molecular weight excluding hydrogens is 344 g/mol. The first-order chi connectivity index (χ1) is 13.7. The molecule has 0 unspecified atom stereocenters. The molecule has 0 amide bonds. The average molecular weight is 370 g/mol. The van der Waals surface area contributed by atoms with Crippen LogP contribution in [0.25, 0.3) is 0 Å². The second kappa shape index (κ2) is 10.3. The van der Waals surface area contributed by atoms with Gasteiger partial charge in [-0.2, -0.15) is 0 Å². The van der Waals surface area contributed by atoms with Crippen molar-refractivity contribution >= 4 is 11.5 Å². The van der Waals surface area contributed by atoms with Crippen molar-refractivity contribution < 1.29 is 4.79 Å². The van der Waals surface area contributed by atoms with Gasteiger partial charge in [-0.05, 0) is 16.7 Å². The number of benzene rings is 3. The minimum absolute atomic E-state index is 0.0905. The molecule has 3 rings (SSSR count). The summed E-state index contributed by atoms with van der Waals surface area (Å²) in [5.74, 6) is 0.0905. The number of ketones is 1. The van der Waals surface area contributed by atoms with Crippen LogP contribution in [0.2, 0.25) is 0 Å². The third-order valence-electron chi connectivity index (χ3n) is 4.57. The first-order valence-electron chi connectivity index (χ1n) is 9.61. The van der Waals surface area contributed by atoms with E-state index >= 15 is 0 Å². The Hall–Kier alpha value is -3.04. The van der Waals surface area contributed by atoms with Gasteiger partial charge in [0, 0.05) is 31.6 Å². The van der Waals surface area contributed by atoms with Gasteiger partial charge in [0.15, 0.2) is 5.78 Å². The van der Waals surface area contributed by atoms with Crippen LogP contribution in [-0.2, 0) is 24.3 Å². The van der Waals surface area contributed by atoms with Crippen LogP contribution in [0.1, 0.15) is 23.1 Å². The molecule has 0 aromatic heterocycles. The predicted molar refractivity (Wildman–Crippen MR) is 114 cm³/mol. The molecule has 0 spiro atoms. The normalized spacial score (nSPS) is 10.8. The summed E-state index contributed by atoms with van der Waals surface area (Å²) in [4.78, 5) is 14.8. The summed E-state index contributed by atoms with van der Waals surface area (Å²) < 4.78 is 0. The van der Waals surface area contributed by atoms with E-state index in [0.29, 0.717) is 31.8 Å². The Labute approximate surface area is 167 Å². The number of carbonyl (C=O) groups is 1. The maximum Gasteiger partial charge on any atom is 0.152 e. The third kappa shape index (κ3) is 6.60. The Balaban J connectivity index is 1.60. The number of Topliss-reactive ketones (excluding diaryl/α,β-unsaturated/α-hetero) is 1. The fourth-order valence-electron chi connectivity index (χ4n) is 3.30. The van der Waals surface area contributed by atoms with Gasteiger partial charge in [-0.1, -0.05) is 91.0 Å². The molecule has 3 aromatic rings. The van der Waals surface area contributed by atoms with Gasteiger partial charge >= 0.3 is 0 Å². The predicted octanol–water partition coefficient (Wildman–Crippen LogP) is 4.91. The van der Waals surface area contributed by atoms with Gasteiger partial charge in [0.05, 0.1) is 6.54 Å². The number of carbonyl (C=O) groups excluding carboxylic acids is 1. The zero-order valence-electron chi connectivity index (χ0n) is 16.1. The standard InChI is InChI=1S/C25H26N2O/c26-24(16-21-10-4-1-5-11-21)17-25(28)20-27(18-22-12-6-2-7-13-22)19-23-14-8-3-9-15-23/h1-15,26H,16-20H2. The number of hydrogen-bond donors (Lipinski definition) is 1. The number of rotatable bonds is 10. The summed E-state index contributed by atoms with van der Waals surface area (Å²) in [5, 5.41) is 8.20. The highest BCUT2D eigenvalue weighted by Crippen LogP contribution is 2.11. The van der Waals surface area contributed by atoms with E-state index < -0.39 is 0 Å². The zero-order chi connectivity index (χ0) is 19.6. The molecule has 0 bridgehead atoms. The SMILES string of the molecule is N=C(CC(=O)CN(Cc1ccccc1)Cc1ccccc1)Cc1ccccc1. The van der Waals surface area contributed by atoms with E-state index in [4.69, 9.17) is 5.41 Å². The Morgan fingerprint density at radius 3 is 1.57 bits per heavy atom. The quantitative estimate of drug-likeness (QED) is 0.515. The summed E-state index contributed by atoms with van der Waals surface area (Å²) >= 11 is 0. The first-order valence-corrected chi connectivity index (χ1v) is 9.61. The summed E-state index contributed by atoms with van der Waals surface area (Å²) in [7, 11) is 0. The van der Waals surface area contributed by atoms with Crippen molar-refractivity contribution in [2.45, 2.75) is 25.9 Å². The lowest BCUT2D eigenvalue weighted by Gasteiger charge is -2.22. The molecule has 0 aliphatic heterocycles. The molecule has 0 saturated carbocycles. The fourth-order valence-corrected chi connectivity index (χ4v) is 3.30. The van der Waals surface area contributed by atoms with Crippen LogP contribution in [0.3, 0.4) is 0 Å². The summed E-state index contributed by atoms with van der Waals surface area (Å²) in [6.45, 7) is 1.78. The molecule has 0 aliphatic carbocycles. The van der Waals surface area contributed by atoms with Gasteiger partial charge in [-0.3, -0.25) is 9.69 Å². The highest BCUT2D eigenvalue weighted by molar-refractivity contribution is 6.02. The number of nitrogens with zero attached hydrogens (tertiary/aromatic N) is 1. The summed E-state index contributed by atoms with van der Waals surface area (Å²) in [6.07, 6.45) is 0.735. The van der Waals surface area contributed by atoms with Crippen molar-refractivity contribution in [2.24, 2.45) is 0 Å². The highest BCUT2D eigenvalue weighted by Gasteiger charge is 2.14. The lowest BCUT2D eigenvalue weighted by atomic mass is 10.0. The number of hydrogen-bond acceptors (Lipinski definition) is 3. The molecule has 0 heterocycles. The van der Waals surface area contributed by atoms with Gasteiger partial charge in [-0.15, -0.1) is 0 Å². The van der Waals surface area contributed by atoms with Crippen LogP contribution in [-0.4, -0.2) is 22.9 Å². The van der Waals surface area contributed by atoms with Crippen LogP contribution in [0, 0.1) is 5.41 Å². The molecule has 142 valence electrons. The molecule has 0 radical (unpaired) electrons. The van der Waals surface area contributed by atoms with E-state index in [1.54, 1.807) is 0 Å². The second-order valence-electron chi connectivity index (χ2n) is 7.10. The van der Waals surface area contributed by atoms with E-state index in [0.717, 1.165) is 5.56 Å². The Morgan fingerprint density at radius 2 is 1.11 bits per heavy atom. The monoisotopic (exact) mass is 370 g/mol. The molecule has 3 aromatic carbocycles. The third-order valence-corrected chi connectivity index (χ3v) is 4.57. The largest absolute Gasteiger partial charge is 0.309 e.